The zero-order valence-corrected chi connectivity index (χ0v) is 8.64. The maximum Gasteiger partial charge on any atom is 0.187 e. The zero-order valence-electron chi connectivity index (χ0n) is 1.47. The molecule has 4 heavy (non-hydrogen) atoms. The molecule has 0 atom stereocenters. The van der Waals surface area contributed by atoms with Crippen LogP contribution in [0, 0.1) is 0 Å². The summed E-state index contributed by atoms with van der Waals surface area (Å²) in [7, 11) is 0. The van der Waals surface area contributed by atoms with Gasteiger partial charge in [-0.3, -0.25) is 0 Å². The molecule has 0 spiro atoms. The Hall–Kier alpha value is 2.39. The molecule has 0 aromatic rings. The van der Waals surface area contributed by atoms with Crippen molar-refractivity contribution in [1.82, 2.24) is 0 Å². The van der Waals surface area contributed by atoms with Gasteiger partial charge in [-0.1, -0.05) is 0 Å². The van der Waals surface area contributed by atoms with Gasteiger partial charge >= 0.3 is 0 Å². The molecule has 0 aliphatic rings. The average Bonchev–Trinajstić information content (AvgIpc) is 0. The second-order valence-electron chi connectivity index (χ2n) is 0. The van der Waals surface area contributed by atoms with E-state index in [4.69, 9.17) is 0 Å². The molecule has 0 unspecified atom stereocenters. The van der Waals surface area contributed by atoms with Crippen LogP contribution in [0.2, 0.25) is 0 Å². The molecular formula is H3AlNiTaZn. The second kappa shape index (κ2) is 18.2. The van der Waals surface area contributed by atoms with Crippen LogP contribution in [0.4, 0.5) is 0 Å². The van der Waals surface area contributed by atoms with Crippen LogP contribution in [0.5, 0.6) is 0 Å². The van der Waals surface area contributed by atoms with E-state index in [0.717, 1.165) is 0 Å². The maximum absolute atomic E-state index is 0. The predicted molar refractivity (Wildman–Crippen MR) is 9.94 cm³/mol. The van der Waals surface area contributed by atoms with Gasteiger partial charge in [-0.25, -0.2) is 0 Å². The van der Waals surface area contributed by atoms with Crippen LogP contribution in [0.15, 0.2) is 0 Å². The first kappa shape index (κ1) is 32.5. The van der Waals surface area contributed by atoms with Crippen LogP contribution in [0.3, 0.4) is 0 Å². The molecule has 0 aromatic heterocycles. The standard InChI is InChI=1S/Al.Ni.Ta.Zn.3H. The first-order valence-electron chi connectivity index (χ1n) is 0. The zero-order chi connectivity index (χ0) is 0. The first-order valence-corrected chi connectivity index (χ1v) is 0. The molecule has 0 bridgehead atoms. The van der Waals surface area contributed by atoms with Gasteiger partial charge in [0.2, 0.25) is 0 Å². The summed E-state index contributed by atoms with van der Waals surface area (Å²) in [4.78, 5) is 0. The Balaban J connectivity index is 0. The van der Waals surface area contributed by atoms with Crippen LogP contribution < -0.4 is 0 Å². The topological polar surface area (TPSA) is 0 Å². The van der Waals surface area contributed by atoms with E-state index in [1.54, 1.807) is 0 Å². The Morgan fingerprint density at radius 3 is 1.00 bits per heavy atom. The van der Waals surface area contributed by atoms with Crippen molar-refractivity contribution in [2.75, 3.05) is 0 Å². The molecule has 0 heterocycles. The Morgan fingerprint density at radius 2 is 1.00 bits per heavy atom. The van der Waals surface area contributed by atoms with Crippen molar-refractivity contribution in [3.63, 3.8) is 0 Å². The van der Waals surface area contributed by atoms with E-state index in [0.29, 0.717) is 0 Å². The molecule has 0 amide bonds. The third kappa shape index (κ3) is 8.83. The Kier molecular flexibility index (Phi) is 148. The van der Waals surface area contributed by atoms with Crippen LogP contribution in [-0.4, -0.2) is 17.4 Å². The summed E-state index contributed by atoms with van der Waals surface area (Å²) in [5.74, 6) is 0. The van der Waals surface area contributed by atoms with Crippen molar-refractivity contribution in [2.24, 2.45) is 0 Å². The summed E-state index contributed by atoms with van der Waals surface area (Å²) in [5.41, 5.74) is 0. The van der Waals surface area contributed by atoms with E-state index in [-0.39, 0.29) is 75.7 Å². The molecule has 23 valence electrons. The fourth-order valence-corrected chi connectivity index (χ4v) is 0. The molecule has 0 rings (SSSR count). The molecule has 0 aliphatic carbocycles. The van der Waals surface area contributed by atoms with Crippen molar-refractivity contribution in [1.29, 1.82) is 0 Å². The molecule has 0 saturated carbocycles. The van der Waals surface area contributed by atoms with E-state index < -0.39 is 0 Å². The predicted octanol–water partition coefficient (Wildman–Crippen LogP) is -1.19. The molecular weight excluding hydrogens is 332 g/mol. The summed E-state index contributed by atoms with van der Waals surface area (Å²) < 4.78 is 0. The fourth-order valence-electron chi connectivity index (χ4n) is 0. The van der Waals surface area contributed by atoms with Gasteiger partial charge in [0.05, 0.1) is 0 Å². The van der Waals surface area contributed by atoms with Gasteiger partial charge in [-0.15, -0.1) is 0 Å². The summed E-state index contributed by atoms with van der Waals surface area (Å²) in [6, 6.07) is 0. The molecule has 0 aliphatic heterocycles. The van der Waals surface area contributed by atoms with Gasteiger partial charge in [0.15, 0.2) is 17.4 Å². The van der Waals surface area contributed by atoms with Crippen molar-refractivity contribution in [3.05, 3.63) is 0 Å². The monoisotopic (exact) mass is 333 g/mol. The van der Waals surface area contributed by atoms with Gasteiger partial charge in [0.25, 0.3) is 0 Å². The van der Waals surface area contributed by atoms with E-state index >= 15 is 0 Å². The summed E-state index contributed by atoms with van der Waals surface area (Å²) >= 11 is 0. The van der Waals surface area contributed by atoms with Gasteiger partial charge in [0.1, 0.15) is 0 Å². The van der Waals surface area contributed by atoms with Gasteiger partial charge in [-0.05, 0) is 0 Å². The van der Waals surface area contributed by atoms with Crippen molar-refractivity contribution >= 4 is 17.4 Å². The van der Waals surface area contributed by atoms with E-state index in [1.165, 1.54) is 0 Å². The van der Waals surface area contributed by atoms with Crippen LogP contribution in [0.1, 0.15) is 0 Å². The number of hydrogen-bond acceptors (Lipinski definition) is 0. The minimum Gasteiger partial charge on any atom is 0 e. The Labute approximate surface area is 74.8 Å². The van der Waals surface area contributed by atoms with E-state index in [1.807, 2.05) is 0 Å². The van der Waals surface area contributed by atoms with Crippen molar-refractivity contribution in [3.8, 4) is 0 Å². The van der Waals surface area contributed by atoms with Crippen LogP contribution in [-0.2, 0) is 58.3 Å². The third-order valence-electron chi connectivity index (χ3n) is 0. The molecule has 0 saturated heterocycles. The molecule has 1 radical (unpaired) electrons. The fraction of sp³-hybridized carbons (Fsp3) is 0. The summed E-state index contributed by atoms with van der Waals surface area (Å²) in [6.07, 6.45) is 0. The minimum absolute atomic E-state index is 0. The van der Waals surface area contributed by atoms with Gasteiger partial charge < -0.3 is 0 Å². The van der Waals surface area contributed by atoms with Crippen molar-refractivity contribution in [2.45, 2.75) is 0 Å². The molecule has 0 N–H and O–H groups in total. The van der Waals surface area contributed by atoms with Crippen molar-refractivity contribution < 1.29 is 58.3 Å². The Morgan fingerprint density at radius 1 is 1.00 bits per heavy atom. The maximum atomic E-state index is 0. The largest absolute Gasteiger partial charge is 0.187 e. The molecule has 0 nitrogen and oxygen atoms in total. The Bertz CT molecular complexity index is 8.00. The molecule has 0 aromatic carbocycles. The summed E-state index contributed by atoms with van der Waals surface area (Å²) in [6.45, 7) is 0. The normalized spacial score (nSPS) is 0. The smallest absolute Gasteiger partial charge is 0 e. The number of hydrogen-bond donors (Lipinski definition) is 0. The second-order valence-corrected chi connectivity index (χ2v) is 0. The van der Waals surface area contributed by atoms with Gasteiger partial charge in [-0.2, -0.15) is 0 Å². The molecule has 0 fully saturated rings. The number of rotatable bonds is 0. The SMILES string of the molecule is [AlH3].[Ni].[Ta].[Zn]. The van der Waals surface area contributed by atoms with Crippen LogP contribution >= 0.6 is 0 Å². The minimum atomic E-state index is 0. The van der Waals surface area contributed by atoms with Gasteiger partial charge in [0, 0.05) is 58.3 Å². The third-order valence-corrected chi connectivity index (χ3v) is 0. The molecule has 4 heteroatoms. The van der Waals surface area contributed by atoms with Crippen LogP contribution in [0.25, 0.3) is 0 Å². The first-order chi connectivity index (χ1) is 0. The van der Waals surface area contributed by atoms with E-state index in [9.17, 15) is 0 Å². The average molecular weight is 335 g/mol. The summed E-state index contributed by atoms with van der Waals surface area (Å²) in [5, 5.41) is 0. The van der Waals surface area contributed by atoms with E-state index in [2.05, 4.69) is 0 Å². The quantitative estimate of drug-likeness (QED) is 0.489.